The van der Waals surface area contributed by atoms with Crippen LogP contribution < -0.4 is 9.33 Å². The molecular formula is C35H50N4O3SSi. The number of piperazine rings is 1. The summed E-state index contributed by atoms with van der Waals surface area (Å²) in [7, 11) is -1.99. The molecule has 0 spiro atoms. The van der Waals surface area contributed by atoms with E-state index in [4.69, 9.17) is 19.1 Å². The van der Waals surface area contributed by atoms with E-state index in [-0.39, 0.29) is 17.2 Å². The molecule has 0 N–H and O–H groups in total. The van der Waals surface area contributed by atoms with Gasteiger partial charge in [0.25, 0.3) is 0 Å². The zero-order valence-corrected chi connectivity index (χ0v) is 30.1. The number of aromatic nitrogens is 2. The quantitative estimate of drug-likeness (QED) is 0.158. The number of benzene rings is 2. The topological polar surface area (TPSA) is 67.8 Å². The van der Waals surface area contributed by atoms with Crippen molar-refractivity contribution in [1.29, 1.82) is 0 Å². The van der Waals surface area contributed by atoms with Crippen LogP contribution in [0.2, 0.25) is 18.1 Å². The molecule has 1 aromatic heterocycles. The molecule has 2 heterocycles. The predicted octanol–water partition coefficient (Wildman–Crippen LogP) is 8.45. The van der Waals surface area contributed by atoms with Crippen LogP contribution in [0.1, 0.15) is 77.6 Å². The van der Waals surface area contributed by atoms with Gasteiger partial charge in [0.2, 0.25) is 8.32 Å². The molecule has 3 aromatic rings. The van der Waals surface area contributed by atoms with Crippen molar-refractivity contribution in [1.82, 2.24) is 14.9 Å². The Kier molecular flexibility index (Phi) is 9.04. The summed E-state index contributed by atoms with van der Waals surface area (Å²) in [6.45, 7) is 21.4. The zero-order valence-electron chi connectivity index (χ0n) is 28.3. The first-order chi connectivity index (χ1) is 20.6. The third-order valence-corrected chi connectivity index (χ3v) is 14.4. The second-order valence-electron chi connectivity index (χ2n) is 15.0. The number of rotatable bonds is 5. The molecule has 1 fully saturated rings. The van der Waals surface area contributed by atoms with Gasteiger partial charge in [0.05, 0.1) is 5.69 Å². The molecular weight excluding hydrogens is 585 g/mol. The molecule has 0 bridgehead atoms. The predicted molar refractivity (Wildman–Crippen MR) is 185 cm³/mol. The van der Waals surface area contributed by atoms with Crippen molar-refractivity contribution in [2.75, 3.05) is 30.8 Å². The van der Waals surface area contributed by atoms with E-state index in [0.717, 1.165) is 48.2 Å². The number of hydrogen-bond donors (Lipinski definition) is 0. The molecule has 1 aliphatic carbocycles. The van der Waals surface area contributed by atoms with Gasteiger partial charge < -0.3 is 19.0 Å². The summed E-state index contributed by atoms with van der Waals surface area (Å²) < 4.78 is 12.5. The number of amides is 1. The number of carbonyl (C=O) groups excluding carboxylic acids is 1. The average molecular weight is 635 g/mol. The van der Waals surface area contributed by atoms with Gasteiger partial charge in [-0.15, -0.1) is 0 Å². The summed E-state index contributed by atoms with van der Waals surface area (Å²) in [6.07, 6.45) is 4.63. The molecule has 5 rings (SSSR count). The highest BCUT2D eigenvalue weighted by Gasteiger charge is 2.39. The summed E-state index contributed by atoms with van der Waals surface area (Å²) in [5.74, 6) is 2.37. The smallest absolute Gasteiger partial charge is 0.410 e. The van der Waals surface area contributed by atoms with E-state index < -0.39 is 13.9 Å². The van der Waals surface area contributed by atoms with E-state index >= 15 is 0 Å². The normalized spacial score (nSPS) is 19.6. The summed E-state index contributed by atoms with van der Waals surface area (Å²) in [5.41, 5.74) is 3.26. The Morgan fingerprint density at radius 1 is 1.05 bits per heavy atom. The van der Waals surface area contributed by atoms with Gasteiger partial charge in [0, 0.05) is 31.2 Å². The Hall–Kier alpha value is -2.78. The minimum atomic E-state index is -1.99. The Morgan fingerprint density at radius 2 is 1.77 bits per heavy atom. The van der Waals surface area contributed by atoms with Gasteiger partial charge in [-0.1, -0.05) is 56.8 Å². The van der Waals surface area contributed by atoms with Crippen LogP contribution in [0.3, 0.4) is 0 Å². The van der Waals surface area contributed by atoms with Gasteiger partial charge in [-0.05, 0) is 106 Å². The van der Waals surface area contributed by atoms with E-state index in [0.29, 0.717) is 19.0 Å². The van der Waals surface area contributed by atoms with Crippen molar-refractivity contribution < 1.29 is 14.0 Å². The largest absolute Gasteiger partial charge is 0.543 e. The molecule has 2 atom stereocenters. The van der Waals surface area contributed by atoms with Gasteiger partial charge >= 0.3 is 6.09 Å². The molecule has 2 aliphatic rings. The number of carbonyl (C=O) groups is 1. The Balaban J connectivity index is 1.44. The fraction of sp³-hybridized carbons (Fsp3) is 0.571. The number of nitrogens with zero attached hydrogens (tertiary/aromatic N) is 4. The SMILES string of the molecule is CSc1nc2c(c(N3CCN(C(=O)OC(C)(C)C)C[C@@H]3C)n1)CCC(c1cc(O[Si](C)(C)C(C)(C)C)cc3ccccc13)C2. The van der Waals surface area contributed by atoms with Crippen molar-refractivity contribution in [3.63, 3.8) is 0 Å². The number of anilines is 1. The van der Waals surface area contributed by atoms with Crippen LogP contribution in [0.4, 0.5) is 10.6 Å². The second-order valence-corrected chi connectivity index (χ2v) is 20.5. The maximum absolute atomic E-state index is 12.8. The number of hydrogen-bond acceptors (Lipinski definition) is 7. The van der Waals surface area contributed by atoms with E-state index in [9.17, 15) is 4.79 Å². The summed E-state index contributed by atoms with van der Waals surface area (Å²) in [4.78, 5) is 27.1. The Labute approximate surface area is 269 Å². The first kappa shape index (κ1) is 32.6. The minimum absolute atomic E-state index is 0.121. The van der Waals surface area contributed by atoms with Crippen LogP contribution in [-0.2, 0) is 17.6 Å². The molecule has 44 heavy (non-hydrogen) atoms. The minimum Gasteiger partial charge on any atom is -0.543 e. The lowest BCUT2D eigenvalue weighted by atomic mass is 9.80. The molecule has 2 aromatic carbocycles. The molecule has 238 valence electrons. The monoisotopic (exact) mass is 634 g/mol. The molecule has 0 saturated carbocycles. The van der Waals surface area contributed by atoms with E-state index in [1.807, 2.05) is 31.9 Å². The highest BCUT2D eigenvalue weighted by molar-refractivity contribution is 7.98. The van der Waals surface area contributed by atoms with Gasteiger partial charge in [0.1, 0.15) is 17.2 Å². The van der Waals surface area contributed by atoms with Gasteiger partial charge in [-0.3, -0.25) is 0 Å². The first-order valence-electron chi connectivity index (χ1n) is 16.0. The molecule has 9 heteroatoms. The second kappa shape index (κ2) is 12.2. The molecule has 1 amide bonds. The number of thioether (sulfide) groups is 1. The standard InChI is InChI=1S/C35H50N4O3SSi/c1-23-22-38(33(40)41-34(2,3)4)17-18-39(23)31-28-16-15-25(20-30(28)36-32(37-31)43-8)29-21-26(42-44(9,10)35(5,6)7)19-24-13-11-12-14-27(24)29/h11-14,19,21,23,25H,15-18,20,22H2,1-10H3/t23-,25?/m0/s1. The third kappa shape index (κ3) is 6.88. The Morgan fingerprint density at radius 3 is 2.43 bits per heavy atom. The molecule has 7 nitrogen and oxygen atoms in total. The van der Waals surface area contributed by atoms with E-state index in [1.165, 1.54) is 21.9 Å². The lowest BCUT2D eigenvalue weighted by Gasteiger charge is -2.42. The average Bonchev–Trinajstić information content (AvgIpc) is 2.94. The summed E-state index contributed by atoms with van der Waals surface area (Å²) in [6, 6.07) is 13.4. The van der Waals surface area contributed by atoms with Gasteiger partial charge in [-0.25, -0.2) is 14.8 Å². The molecule has 1 saturated heterocycles. The van der Waals surface area contributed by atoms with Crippen LogP contribution >= 0.6 is 11.8 Å². The first-order valence-corrected chi connectivity index (χ1v) is 20.1. The third-order valence-electron chi connectivity index (χ3n) is 9.45. The van der Waals surface area contributed by atoms with Crippen molar-refractivity contribution >= 4 is 42.8 Å². The van der Waals surface area contributed by atoms with Crippen LogP contribution in [0, 0.1) is 0 Å². The maximum Gasteiger partial charge on any atom is 0.410 e. The lowest BCUT2D eigenvalue weighted by Crippen LogP contribution is -2.55. The fourth-order valence-corrected chi connectivity index (χ4v) is 7.48. The van der Waals surface area contributed by atoms with Crippen molar-refractivity contribution in [3.8, 4) is 5.75 Å². The van der Waals surface area contributed by atoms with Crippen molar-refractivity contribution in [2.45, 2.75) is 109 Å². The van der Waals surface area contributed by atoms with E-state index in [2.05, 4.69) is 82.1 Å². The molecule has 1 aliphatic heterocycles. The highest BCUT2D eigenvalue weighted by atomic mass is 32.2. The molecule has 0 radical (unpaired) electrons. The summed E-state index contributed by atoms with van der Waals surface area (Å²) >= 11 is 1.59. The van der Waals surface area contributed by atoms with Crippen molar-refractivity contribution in [3.05, 3.63) is 53.2 Å². The maximum atomic E-state index is 12.8. The lowest BCUT2D eigenvalue weighted by molar-refractivity contribution is 0.0218. The van der Waals surface area contributed by atoms with Crippen LogP contribution in [0.5, 0.6) is 5.75 Å². The number of ether oxygens (including phenoxy) is 1. The van der Waals surface area contributed by atoms with Crippen LogP contribution in [-0.4, -0.2) is 66.8 Å². The molecule has 1 unspecified atom stereocenters. The van der Waals surface area contributed by atoms with Gasteiger partial charge in [-0.2, -0.15) is 0 Å². The van der Waals surface area contributed by atoms with Crippen LogP contribution in [0.15, 0.2) is 41.6 Å². The number of fused-ring (bicyclic) bond motifs is 2. The fourth-order valence-electron chi connectivity index (χ4n) is 6.09. The van der Waals surface area contributed by atoms with E-state index in [1.54, 1.807) is 11.8 Å². The highest BCUT2D eigenvalue weighted by Crippen LogP contribution is 2.43. The van der Waals surface area contributed by atoms with Crippen molar-refractivity contribution in [2.24, 2.45) is 0 Å². The van der Waals surface area contributed by atoms with Gasteiger partial charge in [0.15, 0.2) is 5.16 Å². The van der Waals surface area contributed by atoms with Crippen LogP contribution in [0.25, 0.3) is 10.8 Å². The Bertz CT molecular complexity index is 1530. The summed E-state index contributed by atoms with van der Waals surface area (Å²) in [5, 5.41) is 3.46. The zero-order chi connectivity index (χ0) is 32.0.